The lowest BCUT2D eigenvalue weighted by atomic mass is 10.0. The van der Waals surface area contributed by atoms with Crippen molar-refractivity contribution < 1.29 is 0 Å². The molecule has 98 valence electrons. The summed E-state index contributed by atoms with van der Waals surface area (Å²) in [6.07, 6.45) is 0. The van der Waals surface area contributed by atoms with Crippen LogP contribution in [0.25, 0.3) is 22.4 Å². The van der Waals surface area contributed by atoms with Gasteiger partial charge in [0.15, 0.2) is 0 Å². The summed E-state index contributed by atoms with van der Waals surface area (Å²) < 4.78 is 0. The molecule has 20 heavy (non-hydrogen) atoms. The van der Waals surface area contributed by atoms with E-state index in [9.17, 15) is 0 Å². The van der Waals surface area contributed by atoms with E-state index in [1.54, 1.807) is 0 Å². The highest BCUT2D eigenvalue weighted by Crippen LogP contribution is 2.24. The topological polar surface area (TPSA) is 38.9 Å². The normalized spacial score (nSPS) is 10.4. The molecule has 2 aromatic carbocycles. The van der Waals surface area contributed by atoms with E-state index in [4.69, 9.17) is 5.73 Å². The van der Waals surface area contributed by atoms with Gasteiger partial charge in [0.05, 0.1) is 17.1 Å². The SMILES string of the molecule is Cc1nc(-c2ccc(-c3ccccc3)cc2)ccc1N. The van der Waals surface area contributed by atoms with Gasteiger partial charge in [-0.05, 0) is 30.2 Å². The van der Waals surface area contributed by atoms with Crippen LogP contribution < -0.4 is 5.73 Å². The van der Waals surface area contributed by atoms with E-state index in [1.807, 2.05) is 37.3 Å². The lowest BCUT2D eigenvalue weighted by molar-refractivity contribution is 1.21. The van der Waals surface area contributed by atoms with E-state index >= 15 is 0 Å². The first kappa shape index (κ1) is 12.4. The summed E-state index contributed by atoms with van der Waals surface area (Å²) in [7, 11) is 0. The van der Waals surface area contributed by atoms with Crippen LogP contribution in [0.3, 0.4) is 0 Å². The highest BCUT2D eigenvalue weighted by Gasteiger charge is 2.03. The first-order valence-corrected chi connectivity index (χ1v) is 6.63. The van der Waals surface area contributed by atoms with Crippen molar-refractivity contribution in [2.75, 3.05) is 5.73 Å². The summed E-state index contributed by atoms with van der Waals surface area (Å²) in [5, 5.41) is 0. The van der Waals surface area contributed by atoms with Gasteiger partial charge in [-0.15, -0.1) is 0 Å². The maximum Gasteiger partial charge on any atom is 0.0706 e. The molecular formula is C18H16N2. The molecule has 1 heterocycles. The number of nitrogen functional groups attached to an aromatic ring is 1. The summed E-state index contributed by atoms with van der Waals surface area (Å²) in [4.78, 5) is 4.52. The lowest BCUT2D eigenvalue weighted by Crippen LogP contribution is -1.94. The predicted molar refractivity (Wildman–Crippen MR) is 84.3 cm³/mol. The molecule has 3 rings (SSSR count). The van der Waals surface area contributed by atoms with Gasteiger partial charge < -0.3 is 5.73 Å². The number of benzene rings is 2. The van der Waals surface area contributed by atoms with Gasteiger partial charge in [0.1, 0.15) is 0 Å². The average Bonchev–Trinajstić information content (AvgIpc) is 2.51. The number of aromatic nitrogens is 1. The maximum absolute atomic E-state index is 5.80. The molecule has 0 aliphatic carbocycles. The number of hydrogen-bond donors (Lipinski definition) is 1. The lowest BCUT2D eigenvalue weighted by Gasteiger charge is -2.06. The number of nitrogens with two attached hydrogens (primary N) is 1. The Morgan fingerprint density at radius 1 is 0.700 bits per heavy atom. The minimum absolute atomic E-state index is 0.731. The van der Waals surface area contributed by atoms with Crippen molar-refractivity contribution in [3.8, 4) is 22.4 Å². The van der Waals surface area contributed by atoms with Crippen molar-refractivity contribution >= 4 is 5.69 Å². The van der Waals surface area contributed by atoms with Crippen LogP contribution in [0, 0.1) is 6.92 Å². The third kappa shape index (κ3) is 2.41. The van der Waals surface area contributed by atoms with Crippen molar-refractivity contribution in [3.63, 3.8) is 0 Å². The zero-order chi connectivity index (χ0) is 13.9. The summed E-state index contributed by atoms with van der Waals surface area (Å²) in [6, 6.07) is 22.7. The Hall–Kier alpha value is -2.61. The molecule has 0 radical (unpaired) electrons. The van der Waals surface area contributed by atoms with E-state index in [1.165, 1.54) is 11.1 Å². The fourth-order valence-electron chi connectivity index (χ4n) is 2.20. The molecule has 1 aromatic heterocycles. The monoisotopic (exact) mass is 260 g/mol. The van der Waals surface area contributed by atoms with Crippen LogP contribution in [0.4, 0.5) is 5.69 Å². The van der Waals surface area contributed by atoms with Gasteiger partial charge in [0.2, 0.25) is 0 Å². The number of anilines is 1. The highest BCUT2D eigenvalue weighted by molar-refractivity contribution is 5.69. The van der Waals surface area contributed by atoms with E-state index in [2.05, 4.69) is 41.4 Å². The van der Waals surface area contributed by atoms with Crippen LogP contribution in [0.15, 0.2) is 66.7 Å². The fraction of sp³-hybridized carbons (Fsp3) is 0.0556. The molecule has 0 spiro atoms. The van der Waals surface area contributed by atoms with E-state index in [0.29, 0.717) is 0 Å². The summed E-state index contributed by atoms with van der Waals surface area (Å²) in [5.74, 6) is 0. The third-order valence-electron chi connectivity index (χ3n) is 3.41. The largest absolute Gasteiger partial charge is 0.397 e. The summed E-state index contributed by atoms with van der Waals surface area (Å²) in [5.41, 5.74) is 11.9. The van der Waals surface area contributed by atoms with Crippen molar-refractivity contribution in [1.29, 1.82) is 0 Å². The van der Waals surface area contributed by atoms with Crippen molar-refractivity contribution in [2.45, 2.75) is 6.92 Å². The second-order valence-electron chi connectivity index (χ2n) is 4.81. The number of aryl methyl sites for hydroxylation is 1. The molecule has 0 aliphatic rings. The molecule has 0 saturated heterocycles. The number of hydrogen-bond acceptors (Lipinski definition) is 2. The van der Waals surface area contributed by atoms with E-state index in [0.717, 1.165) is 22.6 Å². The van der Waals surface area contributed by atoms with Crippen molar-refractivity contribution in [1.82, 2.24) is 4.98 Å². The van der Waals surface area contributed by atoms with Crippen molar-refractivity contribution in [3.05, 3.63) is 72.4 Å². The first-order chi connectivity index (χ1) is 9.74. The van der Waals surface area contributed by atoms with Gasteiger partial charge in [-0.2, -0.15) is 0 Å². The van der Waals surface area contributed by atoms with Crippen LogP contribution in [0.2, 0.25) is 0 Å². The molecule has 0 unspecified atom stereocenters. The number of pyridine rings is 1. The molecule has 2 N–H and O–H groups in total. The van der Waals surface area contributed by atoms with Gasteiger partial charge in [-0.25, -0.2) is 0 Å². The van der Waals surface area contributed by atoms with Gasteiger partial charge in [0.25, 0.3) is 0 Å². The Balaban J connectivity index is 1.95. The van der Waals surface area contributed by atoms with Gasteiger partial charge in [0, 0.05) is 5.56 Å². The standard InChI is InChI=1S/C18H16N2/c1-13-17(19)11-12-18(20-13)16-9-7-15(8-10-16)14-5-3-2-4-6-14/h2-12H,19H2,1H3. The third-order valence-corrected chi connectivity index (χ3v) is 3.41. The molecule has 0 atom stereocenters. The Morgan fingerprint density at radius 2 is 1.30 bits per heavy atom. The minimum Gasteiger partial charge on any atom is -0.397 e. The molecule has 0 aliphatic heterocycles. The molecule has 0 bridgehead atoms. The molecule has 3 aromatic rings. The van der Waals surface area contributed by atoms with Crippen LogP contribution in [-0.2, 0) is 0 Å². The molecule has 0 saturated carbocycles. The Bertz CT molecular complexity index is 716. The van der Waals surface area contributed by atoms with Gasteiger partial charge in [-0.3, -0.25) is 4.98 Å². The second kappa shape index (κ2) is 5.17. The summed E-state index contributed by atoms with van der Waals surface area (Å²) >= 11 is 0. The number of rotatable bonds is 2. The van der Waals surface area contributed by atoms with Crippen molar-refractivity contribution in [2.24, 2.45) is 0 Å². The second-order valence-corrected chi connectivity index (χ2v) is 4.81. The Kier molecular flexibility index (Phi) is 3.21. The fourth-order valence-corrected chi connectivity index (χ4v) is 2.20. The first-order valence-electron chi connectivity index (χ1n) is 6.63. The molecular weight excluding hydrogens is 244 g/mol. The molecule has 0 fully saturated rings. The van der Waals surface area contributed by atoms with Gasteiger partial charge in [-0.1, -0.05) is 54.6 Å². The molecule has 0 amide bonds. The quantitative estimate of drug-likeness (QED) is 0.745. The number of nitrogens with zero attached hydrogens (tertiary/aromatic N) is 1. The maximum atomic E-state index is 5.80. The Morgan fingerprint density at radius 3 is 1.95 bits per heavy atom. The van der Waals surface area contributed by atoms with E-state index < -0.39 is 0 Å². The highest BCUT2D eigenvalue weighted by atomic mass is 14.7. The van der Waals surface area contributed by atoms with Crippen LogP contribution in [0.1, 0.15) is 5.69 Å². The zero-order valence-electron chi connectivity index (χ0n) is 11.4. The molecule has 2 heteroatoms. The van der Waals surface area contributed by atoms with Crippen LogP contribution in [-0.4, -0.2) is 4.98 Å². The van der Waals surface area contributed by atoms with E-state index in [-0.39, 0.29) is 0 Å². The van der Waals surface area contributed by atoms with Crippen LogP contribution >= 0.6 is 0 Å². The van der Waals surface area contributed by atoms with Gasteiger partial charge >= 0.3 is 0 Å². The Labute approximate surface area is 118 Å². The minimum atomic E-state index is 0.731. The zero-order valence-corrected chi connectivity index (χ0v) is 11.4. The molecule has 2 nitrogen and oxygen atoms in total. The average molecular weight is 260 g/mol. The summed E-state index contributed by atoms with van der Waals surface area (Å²) in [6.45, 7) is 1.93. The predicted octanol–water partition coefficient (Wildman–Crippen LogP) is 4.31. The van der Waals surface area contributed by atoms with Crippen LogP contribution in [0.5, 0.6) is 0 Å². The smallest absolute Gasteiger partial charge is 0.0706 e.